The zero-order valence-corrected chi connectivity index (χ0v) is 17.6. The molecule has 1 aliphatic heterocycles. The van der Waals surface area contributed by atoms with E-state index in [0.717, 1.165) is 64.0 Å². The Morgan fingerprint density at radius 3 is 2.69 bits per heavy atom. The smallest absolute Gasteiger partial charge is 0.251 e. The molecule has 29 heavy (non-hydrogen) atoms. The zero-order chi connectivity index (χ0) is 19.1. The lowest BCUT2D eigenvalue weighted by Crippen LogP contribution is -2.28. The van der Waals surface area contributed by atoms with Crippen molar-refractivity contribution in [3.05, 3.63) is 63.5 Å². The second kappa shape index (κ2) is 8.10. The van der Waals surface area contributed by atoms with Gasteiger partial charge in [0.25, 0.3) is 5.56 Å². The van der Waals surface area contributed by atoms with E-state index in [4.69, 9.17) is 4.98 Å². The van der Waals surface area contributed by atoms with Gasteiger partial charge in [-0.05, 0) is 32.9 Å². The van der Waals surface area contributed by atoms with Gasteiger partial charge in [0.1, 0.15) is 10.7 Å². The molecule has 0 aliphatic carbocycles. The summed E-state index contributed by atoms with van der Waals surface area (Å²) in [7, 11) is 0. The average Bonchev–Trinajstić information content (AvgIpc) is 3.32. The standard InChI is InChI=1S/C21H21N5OS.ClH/c1-13-19(25-21(28-13)15-5-3-2-4-6-15)16-12-23-26-17(11-18(27)24-20(16)26)14-7-9-22-10-8-14;/h2-6,11-12,14,22H,7-10H2,1H3,(H,24,27);1H. The molecule has 4 aromatic rings. The van der Waals surface area contributed by atoms with Crippen LogP contribution >= 0.6 is 23.7 Å². The summed E-state index contributed by atoms with van der Waals surface area (Å²) in [6.07, 6.45) is 3.86. The molecule has 0 radical (unpaired) electrons. The largest absolute Gasteiger partial charge is 0.317 e. The van der Waals surface area contributed by atoms with Crippen LogP contribution in [0.5, 0.6) is 0 Å². The van der Waals surface area contributed by atoms with E-state index in [1.54, 1.807) is 17.4 Å². The monoisotopic (exact) mass is 427 g/mol. The number of nitrogens with one attached hydrogen (secondary N) is 2. The third-order valence-corrected chi connectivity index (χ3v) is 6.38. The van der Waals surface area contributed by atoms with Crippen molar-refractivity contribution in [2.75, 3.05) is 13.1 Å². The normalized spacial score (nSPS) is 14.8. The van der Waals surface area contributed by atoms with E-state index < -0.39 is 0 Å². The highest BCUT2D eigenvalue weighted by molar-refractivity contribution is 7.15. The predicted octanol–water partition coefficient (Wildman–Crippen LogP) is 4.01. The number of thiazole rings is 1. The van der Waals surface area contributed by atoms with Crippen LogP contribution in [-0.4, -0.2) is 32.7 Å². The predicted molar refractivity (Wildman–Crippen MR) is 119 cm³/mol. The zero-order valence-electron chi connectivity index (χ0n) is 16.0. The molecule has 0 spiro atoms. The van der Waals surface area contributed by atoms with Gasteiger partial charge in [0.2, 0.25) is 0 Å². The van der Waals surface area contributed by atoms with Crippen LogP contribution in [0.25, 0.3) is 27.5 Å². The molecule has 0 atom stereocenters. The number of hydrogen-bond donors (Lipinski definition) is 2. The number of aromatic nitrogens is 4. The van der Waals surface area contributed by atoms with Gasteiger partial charge in [0.05, 0.1) is 23.1 Å². The van der Waals surface area contributed by atoms with Gasteiger partial charge in [-0.1, -0.05) is 30.3 Å². The summed E-state index contributed by atoms with van der Waals surface area (Å²) < 4.78 is 1.90. The van der Waals surface area contributed by atoms with Crippen molar-refractivity contribution >= 4 is 29.4 Å². The number of aryl methyl sites for hydroxylation is 1. The molecule has 6 nitrogen and oxygen atoms in total. The van der Waals surface area contributed by atoms with E-state index in [9.17, 15) is 4.79 Å². The Bertz CT molecular complexity index is 1190. The van der Waals surface area contributed by atoms with Crippen molar-refractivity contribution < 1.29 is 0 Å². The Hall–Kier alpha value is -2.48. The highest BCUT2D eigenvalue weighted by Gasteiger charge is 2.22. The molecule has 1 aliphatic rings. The fourth-order valence-corrected chi connectivity index (χ4v) is 4.88. The van der Waals surface area contributed by atoms with Crippen molar-refractivity contribution in [2.45, 2.75) is 25.7 Å². The molecule has 0 bridgehead atoms. The molecule has 5 rings (SSSR count). The maximum absolute atomic E-state index is 12.4. The maximum atomic E-state index is 12.4. The molecule has 0 saturated carbocycles. The number of hydrogen-bond acceptors (Lipinski definition) is 5. The second-order valence-corrected chi connectivity index (χ2v) is 8.39. The van der Waals surface area contributed by atoms with Crippen LogP contribution in [0.2, 0.25) is 0 Å². The van der Waals surface area contributed by atoms with Crippen molar-refractivity contribution in [2.24, 2.45) is 0 Å². The number of piperidine rings is 1. The fourth-order valence-electron chi connectivity index (χ4n) is 3.95. The Labute approximate surface area is 178 Å². The van der Waals surface area contributed by atoms with Crippen LogP contribution in [0, 0.1) is 6.92 Å². The summed E-state index contributed by atoms with van der Waals surface area (Å²) in [6, 6.07) is 11.9. The fraction of sp³-hybridized carbons (Fsp3) is 0.286. The van der Waals surface area contributed by atoms with E-state index >= 15 is 0 Å². The van der Waals surface area contributed by atoms with Crippen LogP contribution in [0.1, 0.15) is 29.3 Å². The minimum atomic E-state index is -0.0843. The number of rotatable bonds is 3. The molecule has 150 valence electrons. The van der Waals surface area contributed by atoms with Gasteiger partial charge in [-0.15, -0.1) is 23.7 Å². The van der Waals surface area contributed by atoms with Crippen molar-refractivity contribution in [3.8, 4) is 21.8 Å². The number of nitrogens with zero attached hydrogens (tertiary/aromatic N) is 3. The third kappa shape index (κ3) is 3.61. The highest BCUT2D eigenvalue weighted by Crippen LogP contribution is 2.35. The molecule has 1 aromatic carbocycles. The van der Waals surface area contributed by atoms with Gasteiger partial charge in [0, 0.05) is 22.4 Å². The van der Waals surface area contributed by atoms with Crippen LogP contribution in [0.4, 0.5) is 0 Å². The number of H-pyrrole nitrogens is 1. The Morgan fingerprint density at radius 1 is 1.17 bits per heavy atom. The van der Waals surface area contributed by atoms with E-state index in [-0.39, 0.29) is 18.0 Å². The SMILES string of the molecule is Cc1sc(-c2ccccc2)nc1-c1cnn2c(C3CCNCC3)cc(=O)[nH]c12.Cl. The van der Waals surface area contributed by atoms with Crippen LogP contribution in [0.3, 0.4) is 0 Å². The van der Waals surface area contributed by atoms with Crippen molar-refractivity contribution in [1.82, 2.24) is 24.9 Å². The quantitative estimate of drug-likeness (QED) is 0.518. The molecule has 0 amide bonds. The lowest BCUT2D eigenvalue weighted by Gasteiger charge is -2.23. The summed E-state index contributed by atoms with van der Waals surface area (Å²) in [5, 5.41) is 8.98. The Morgan fingerprint density at radius 2 is 1.93 bits per heavy atom. The first-order chi connectivity index (χ1) is 13.7. The Balaban J connectivity index is 0.00000205. The maximum Gasteiger partial charge on any atom is 0.251 e. The van der Waals surface area contributed by atoms with E-state index in [2.05, 4.69) is 34.5 Å². The summed E-state index contributed by atoms with van der Waals surface area (Å²) in [4.78, 5) is 21.4. The van der Waals surface area contributed by atoms with Crippen LogP contribution < -0.4 is 10.9 Å². The number of aromatic amines is 1. The lowest BCUT2D eigenvalue weighted by atomic mass is 9.94. The molecule has 2 N–H and O–H groups in total. The van der Waals surface area contributed by atoms with Gasteiger partial charge in [-0.3, -0.25) is 4.79 Å². The topological polar surface area (TPSA) is 75.1 Å². The first-order valence-corrected chi connectivity index (χ1v) is 10.4. The van der Waals surface area contributed by atoms with Gasteiger partial charge in [0.15, 0.2) is 0 Å². The van der Waals surface area contributed by atoms with Gasteiger partial charge in [-0.2, -0.15) is 5.10 Å². The minimum Gasteiger partial charge on any atom is -0.317 e. The van der Waals surface area contributed by atoms with Gasteiger partial charge < -0.3 is 10.3 Å². The van der Waals surface area contributed by atoms with Crippen molar-refractivity contribution in [1.29, 1.82) is 0 Å². The summed E-state index contributed by atoms with van der Waals surface area (Å²) >= 11 is 1.66. The average molecular weight is 428 g/mol. The molecule has 1 saturated heterocycles. The molecular weight excluding hydrogens is 406 g/mol. The molecule has 0 unspecified atom stereocenters. The summed E-state index contributed by atoms with van der Waals surface area (Å²) in [6.45, 7) is 4.01. The van der Waals surface area contributed by atoms with Crippen LogP contribution in [-0.2, 0) is 0 Å². The molecule has 8 heteroatoms. The molecular formula is C21H22ClN5OS. The molecule has 4 heterocycles. The van der Waals surface area contributed by atoms with Gasteiger partial charge >= 0.3 is 0 Å². The number of benzene rings is 1. The Kier molecular flexibility index (Phi) is 5.54. The molecule has 1 fully saturated rings. The second-order valence-electron chi connectivity index (χ2n) is 7.19. The minimum absolute atomic E-state index is 0. The van der Waals surface area contributed by atoms with E-state index in [0.29, 0.717) is 5.92 Å². The van der Waals surface area contributed by atoms with E-state index in [1.807, 2.05) is 28.9 Å². The third-order valence-electron chi connectivity index (χ3n) is 5.36. The highest BCUT2D eigenvalue weighted by atomic mass is 35.5. The lowest BCUT2D eigenvalue weighted by molar-refractivity contribution is 0.446. The van der Waals surface area contributed by atoms with Gasteiger partial charge in [-0.25, -0.2) is 9.50 Å². The molecule has 3 aromatic heterocycles. The van der Waals surface area contributed by atoms with Crippen LogP contribution in [0.15, 0.2) is 47.4 Å². The van der Waals surface area contributed by atoms with E-state index in [1.165, 1.54) is 0 Å². The first-order valence-electron chi connectivity index (χ1n) is 9.55. The first kappa shape index (κ1) is 19.8. The summed E-state index contributed by atoms with van der Waals surface area (Å²) in [5.74, 6) is 0.343. The number of fused-ring (bicyclic) bond motifs is 1. The summed E-state index contributed by atoms with van der Waals surface area (Å²) in [5.41, 5.74) is 4.50. The number of halogens is 1. The van der Waals surface area contributed by atoms with Crippen molar-refractivity contribution in [3.63, 3.8) is 0 Å².